The van der Waals surface area contributed by atoms with Crippen LogP contribution in [0.15, 0.2) is 11.6 Å². The summed E-state index contributed by atoms with van der Waals surface area (Å²) >= 11 is 0. The van der Waals surface area contributed by atoms with Crippen molar-refractivity contribution in [1.29, 1.82) is 0 Å². The van der Waals surface area contributed by atoms with Gasteiger partial charge in [-0.3, -0.25) is 0 Å². The molecule has 1 heteroatoms. The minimum Gasteiger partial charge on any atom is -0.303 e. The summed E-state index contributed by atoms with van der Waals surface area (Å²) in [5.74, 6) is 1.93. The predicted molar refractivity (Wildman–Crippen MR) is 62.6 cm³/mol. The molecule has 0 heterocycles. The molecule has 0 N–H and O–H groups in total. The third kappa shape index (κ3) is 2.32. The molecule has 0 bridgehead atoms. The lowest BCUT2D eigenvalue weighted by molar-refractivity contribution is -0.112. The lowest BCUT2D eigenvalue weighted by Crippen LogP contribution is -2.09. The number of carbonyl (C=O) groups excluding carboxylic acids is 1. The van der Waals surface area contributed by atoms with Crippen LogP contribution in [0.2, 0.25) is 0 Å². The van der Waals surface area contributed by atoms with Crippen LogP contribution in [-0.4, -0.2) is 6.29 Å². The molecule has 2 fully saturated rings. The van der Waals surface area contributed by atoms with Crippen LogP contribution in [0.25, 0.3) is 0 Å². The smallest absolute Gasteiger partial charge is 0.123 e. The van der Waals surface area contributed by atoms with E-state index in [0.717, 1.165) is 12.3 Å². The molecule has 2 saturated carbocycles. The van der Waals surface area contributed by atoms with Gasteiger partial charge < -0.3 is 4.79 Å². The standard InChI is InChI=1S/C14H22O/c1-2-3-4-5-11-8-12-6-7-13(10-15)14(12)9-11/h5,10,12-14H,2-4,6-9H2,1H3/b11-5+/t12-,13+,14-/m0/s1. The van der Waals surface area contributed by atoms with Crippen LogP contribution in [0.5, 0.6) is 0 Å². The van der Waals surface area contributed by atoms with Crippen molar-refractivity contribution in [2.45, 2.75) is 51.9 Å². The molecule has 0 amide bonds. The quantitative estimate of drug-likeness (QED) is 0.389. The first-order valence-corrected chi connectivity index (χ1v) is 6.48. The number of fused-ring (bicyclic) bond motifs is 1. The number of carbonyl (C=O) groups is 1. The van der Waals surface area contributed by atoms with Crippen LogP contribution in [0.3, 0.4) is 0 Å². The van der Waals surface area contributed by atoms with Crippen LogP contribution in [-0.2, 0) is 4.79 Å². The molecule has 0 saturated heterocycles. The van der Waals surface area contributed by atoms with Crippen molar-refractivity contribution < 1.29 is 4.79 Å². The van der Waals surface area contributed by atoms with Crippen LogP contribution in [0.4, 0.5) is 0 Å². The maximum absolute atomic E-state index is 10.9. The largest absolute Gasteiger partial charge is 0.303 e. The van der Waals surface area contributed by atoms with Gasteiger partial charge in [0.25, 0.3) is 0 Å². The fourth-order valence-corrected chi connectivity index (χ4v) is 3.32. The monoisotopic (exact) mass is 206 g/mol. The summed E-state index contributed by atoms with van der Waals surface area (Å²) in [6.07, 6.45) is 12.5. The first-order valence-electron chi connectivity index (χ1n) is 6.48. The van der Waals surface area contributed by atoms with Gasteiger partial charge in [0.05, 0.1) is 0 Å². The molecule has 2 rings (SSSR count). The molecule has 0 unspecified atom stereocenters. The van der Waals surface area contributed by atoms with Crippen molar-refractivity contribution in [3.05, 3.63) is 11.6 Å². The Kier molecular flexibility index (Phi) is 3.61. The van der Waals surface area contributed by atoms with Gasteiger partial charge in [0.15, 0.2) is 0 Å². The fourth-order valence-electron chi connectivity index (χ4n) is 3.32. The molecule has 0 aromatic heterocycles. The molecule has 0 aromatic rings. The van der Waals surface area contributed by atoms with Gasteiger partial charge >= 0.3 is 0 Å². The van der Waals surface area contributed by atoms with Gasteiger partial charge in [-0.2, -0.15) is 0 Å². The van der Waals surface area contributed by atoms with Crippen LogP contribution < -0.4 is 0 Å². The van der Waals surface area contributed by atoms with E-state index in [1.165, 1.54) is 44.8 Å². The Bertz CT molecular complexity index is 254. The van der Waals surface area contributed by atoms with Crippen molar-refractivity contribution in [2.75, 3.05) is 0 Å². The topological polar surface area (TPSA) is 17.1 Å². The molecule has 0 radical (unpaired) electrons. The van der Waals surface area contributed by atoms with Crippen LogP contribution >= 0.6 is 0 Å². The number of allylic oxidation sites excluding steroid dienone is 2. The summed E-state index contributed by atoms with van der Waals surface area (Å²) < 4.78 is 0. The van der Waals surface area contributed by atoms with Crippen molar-refractivity contribution in [3.8, 4) is 0 Å². The van der Waals surface area contributed by atoms with E-state index in [1.807, 2.05) is 0 Å². The summed E-state index contributed by atoms with van der Waals surface area (Å²) in [5, 5.41) is 0. The Morgan fingerprint density at radius 3 is 2.93 bits per heavy atom. The number of unbranched alkanes of at least 4 members (excludes halogenated alkanes) is 2. The molecular weight excluding hydrogens is 184 g/mol. The van der Waals surface area contributed by atoms with Gasteiger partial charge in [-0.15, -0.1) is 0 Å². The minimum absolute atomic E-state index is 0.382. The van der Waals surface area contributed by atoms with Crippen molar-refractivity contribution in [3.63, 3.8) is 0 Å². The van der Waals surface area contributed by atoms with Crippen LogP contribution in [0.1, 0.15) is 51.9 Å². The first-order chi connectivity index (χ1) is 7.35. The summed E-state index contributed by atoms with van der Waals surface area (Å²) in [6, 6.07) is 0. The van der Waals surface area contributed by atoms with Gasteiger partial charge in [-0.05, 0) is 43.9 Å². The Balaban J connectivity index is 1.89. The second kappa shape index (κ2) is 4.96. The van der Waals surface area contributed by atoms with Gasteiger partial charge in [0.1, 0.15) is 6.29 Å². The number of aldehydes is 1. The summed E-state index contributed by atoms with van der Waals surface area (Å²) in [6.45, 7) is 2.24. The van der Waals surface area contributed by atoms with Crippen molar-refractivity contribution in [1.82, 2.24) is 0 Å². The predicted octanol–water partition coefficient (Wildman–Crippen LogP) is 3.74. The Morgan fingerprint density at radius 2 is 2.20 bits per heavy atom. The average Bonchev–Trinajstić information content (AvgIpc) is 2.77. The summed E-state index contributed by atoms with van der Waals surface area (Å²) in [7, 11) is 0. The number of rotatable bonds is 4. The van der Waals surface area contributed by atoms with Gasteiger partial charge in [0, 0.05) is 5.92 Å². The van der Waals surface area contributed by atoms with Crippen molar-refractivity contribution in [2.24, 2.45) is 17.8 Å². The van der Waals surface area contributed by atoms with Crippen LogP contribution in [0, 0.1) is 17.8 Å². The second-order valence-electron chi connectivity index (χ2n) is 5.21. The molecule has 0 spiro atoms. The molecular formula is C14H22O. The summed E-state index contributed by atoms with van der Waals surface area (Å²) in [5.41, 5.74) is 1.64. The third-order valence-electron chi connectivity index (χ3n) is 4.21. The molecule has 84 valence electrons. The zero-order valence-electron chi connectivity index (χ0n) is 9.74. The molecule has 3 atom stereocenters. The average molecular weight is 206 g/mol. The minimum atomic E-state index is 0.382. The molecule has 0 aromatic carbocycles. The molecule has 15 heavy (non-hydrogen) atoms. The van der Waals surface area contributed by atoms with E-state index in [-0.39, 0.29) is 0 Å². The Hall–Kier alpha value is -0.590. The van der Waals surface area contributed by atoms with E-state index in [1.54, 1.807) is 5.57 Å². The highest BCUT2D eigenvalue weighted by molar-refractivity contribution is 5.55. The number of hydrogen-bond donors (Lipinski definition) is 0. The van der Waals surface area contributed by atoms with Gasteiger partial charge in [-0.1, -0.05) is 31.4 Å². The molecule has 2 aliphatic carbocycles. The highest BCUT2D eigenvalue weighted by atomic mass is 16.1. The normalized spacial score (nSPS) is 37.1. The van der Waals surface area contributed by atoms with E-state index >= 15 is 0 Å². The lowest BCUT2D eigenvalue weighted by atomic mass is 9.93. The third-order valence-corrected chi connectivity index (χ3v) is 4.21. The Labute approximate surface area is 92.9 Å². The highest BCUT2D eigenvalue weighted by Gasteiger charge is 2.40. The maximum Gasteiger partial charge on any atom is 0.123 e. The van der Waals surface area contributed by atoms with Crippen molar-refractivity contribution >= 4 is 6.29 Å². The number of hydrogen-bond acceptors (Lipinski definition) is 1. The molecule has 1 nitrogen and oxygen atoms in total. The van der Waals surface area contributed by atoms with E-state index in [9.17, 15) is 4.79 Å². The van der Waals surface area contributed by atoms with E-state index in [2.05, 4.69) is 13.0 Å². The zero-order chi connectivity index (χ0) is 10.7. The SMILES string of the molecule is CCCC/C=C1\C[C@@H]2CC[C@H](C=O)[C@H]2C1. The summed E-state index contributed by atoms with van der Waals surface area (Å²) in [4.78, 5) is 10.9. The lowest BCUT2D eigenvalue weighted by Gasteiger charge is -2.10. The van der Waals surface area contributed by atoms with E-state index < -0.39 is 0 Å². The van der Waals surface area contributed by atoms with Gasteiger partial charge in [0.2, 0.25) is 0 Å². The zero-order valence-corrected chi connectivity index (χ0v) is 9.74. The second-order valence-corrected chi connectivity index (χ2v) is 5.21. The maximum atomic E-state index is 10.9. The highest BCUT2D eigenvalue weighted by Crippen LogP contribution is 2.49. The first kappa shape index (κ1) is 10.9. The van der Waals surface area contributed by atoms with E-state index in [0.29, 0.717) is 11.8 Å². The molecule has 0 aliphatic heterocycles. The molecule has 2 aliphatic rings. The van der Waals surface area contributed by atoms with Gasteiger partial charge in [-0.25, -0.2) is 0 Å². The van der Waals surface area contributed by atoms with E-state index in [4.69, 9.17) is 0 Å². The Morgan fingerprint density at radius 1 is 1.33 bits per heavy atom. The fraction of sp³-hybridized carbons (Fsp3) is 0.786.